The summed E-state index contributed by atoms with van der Waals surface area (Å²) in [5.41, 5.74) is 0.594. The number of nitrogens with zero attached hydrogens (tertiary/aromatic N) is 4. The van der Waals surface area contributed by atoms with E-state index in [-0.39, 0.29) is 0 Å². The number of hydrogen-bond donors (Lipinski definition) is 2. The van der Waals surface area contributed by atoms with Gasteiger partial charge in [-0.2, -0.15) is 13.2 Å². The second kappa shape index (κ2) is 7.62. The minimum atomic E-state index is -4.40. The Morgan fingerprint density at radius 1 is 0.931 bits per heavy atom. The van der Waals surface area contributed by atoms with Crippen molar-refractivity contribution < 1.29 is 13.2 Å². The van der Waals surface area contributed by atoms with Gasteiger partial charge in [0.05, 0.1) is 21.3 Å². The summed E-state index contributed by atoms with van der Waals surface area (Å²) in [5.74, 6) is 0.353. The van der Waals surface area contributed by atoms with Crippen LogP contribution in [0, 0.1) is 0 Å². The molecule has 0 saturated heterocycles. The van der Waals surface area contributed by atoms with Gasteiger partial charge in [0.2, 0.25) is 0 Å². The summed E-state index contributed by atoms with van der Waals surface area (Å²) in [5, 5.41) is 7.10. The summed E-state index contributed by atoms with van der Waals surface area (Å²) in [6.45, 7) is 0. The highest BCUT2D eigenvalue weighted by molar-refractivity contribution is 7.21. The number of nitrogens with one attached hydrogen (secondary N) is 2. The van der Waals surface area contributed by atoms with Gasteiger partial charge in [0.25, 0.3) is 0 Å². The van der Waals surface area contributed by atoms with Crippen LogP contribution in [-0.2, 0) is 6.18 Å². The van der Waals surface area contributed by atoms with Crippen molar-refractivity contribution in [1.82, 2.24) is 19.9 Å². The number of aromatic nitrogens is 4. The van der Waals surface area contributed by atoms with Gasteiger partial charge in [-0.15, -0.1) is 0 Å². The van der Waals surface area contributed by atoms with Crippen LogP contribution >= 0.6 is 34.5 Å². The maximum absolute atomic E-state index is 12.7. The van der Waals surface area contributed by atoms with Gasteiger partial charge in [0.1, 0.15) is 11.8 Å². The second-order valence-electron chi connectivity index (χ2n) is 5.70. The molecule has 0 aliphatic rings. The third-order valence-electron chi connectivity index (χ3n) is 3.76. The SMILES string of the molecule is FC(F)(F)c1ccc(Nc2ncnc3sc(Nc4c(Cl)cncc4Cl)nc23)cc1. The largest absolute Gasteiger partial charge is 0.416 e. The zero-order valence-electron chi connectivity index (χ0n) is 14.1. The average Bonchev–Trinajstić information content (AvgIpc) is 3.08. The lowest BCUT2D eigenvalue weighted by molar-refractivity contribution is -0.137. The van der Waals surface area contributed by atoms with Gasteiger partial charge in [-0.3, -0.25) is 4.98 Å². The first-order valence-corrected chi connectivity index (χ1v) is 9.50. The Balaban J connectivity index is 1.63. The zero-order chi connectivity index (χ0) is 20.6. The number of pyridine rings is 1. The monoisotopic (exact) mass is 456 g/mol. The number of fused-ring (bicyclic) bond motifs is 1. The molecule has 4 rings (SSSR count). The zero-order valence-corrected chi connectivity index (χ0v) is 16.5. The van der Waals surface area contributed by atoms with Gasteiger partial charge >= 0.3 is 6.18 Å². The molecule has 0 amide bonds. The van der Waals surface area contributed by atoms with Crippen molar-refractivity contribution >= 4 is 67.2 Å². The van der Waals surface area contributed by atoms with Crippen LogP contribution in [0.4, 0.5) is 35.5 Å². The number of halogens is 5. The summed E-state index contributed by atoms with van der Waals surface area (Å²) in [4.78, 5) is 17.2. The van der Waals surface area contributed by atoms with Crippen LogP contribution in [0.5, 0.6) is 0 Å². The lowest BCUT2D eigenvalue weighted by Crippen LogP contribution is -2.04. The maximum Gasteiger partial charge on any atom is 0.416 e. The van der Waals surface area contributed by atoms with Gasteiger partial charge < -0.3 is 10.6 Å². The minimum absolute atomic E-state index is 0.325. The van der Waals surface area contributed by atoms with Gasteiger partial charge in [0, 0.05) is 18.1 Å². The highest BCUT2D eigenvalue weighted by Gasteiger charge is 2.30. The molecule has 12 heteroatoms. The minimum Gasteiger partial charge on any atom is -0.338 e. The van der Waals surface area contributed by atoms with E-state index in [0.717, 1.165) is 12.1 Å². The first-order chi connectivity index (χ1) is 13.8. The van der Waals surface area contributed by atoms with E-state index in [1.807, 2.05) is 0 Å². The van der Waals surface area contributed by atoms with E-state index in [4.69, 9.17) is 23.2 Å². The third-order valence-corrected chi connectivity index (χ3v) is 5.21. The van der Waals surface area contributed by atoms with Crippen LogP contribution in [0.1, 0.15) is 5.56 Å². The normalized spacial score (nSPS) is 11.6. The molecule has 2 N–H and O–H groups in total. The van der Waals surface area contributed by atoms with E-state index >= 15 is 0 Å². The Morgan fingerprint density at radius 3 is 2.28 bits per heavy atom. The van der Waals surface area contributed by atoms with Crippen molar-refractivity contribution in [2.45, 2.75) is 6.18 Å². The lowest BCUT2D eigenvalue weighted by Gasteiger charge is -2.09. The number of rotatable bonds is 4. The molecule has 0 atom stereocenters. The van der Waals surface area contributed by atoms with Gasteiger partial charge in [0.15, 0.2) is 15.8 Å². The van der Waals surface area contributed by atoms with E-state index in [0.29, 0.717) is 42.7 Å². The Morgan fingerprint density at radius 2 is 1.62 bits per heavy atom. The van der Waals surface area contributed by atoms with E-state index < -0.39 is 11.7 Å². The summed E-state index contributed by atoms with van der Waals surface area (Å²) >= 11 is 13.5. The van der Waals surface area contributed by atoms with E-state index in [9.17, 15) is 13.2 Å². The molecule has 1 aromatic carbocycles. The lowest BCUT2D eigenvalue weighted by atomic mass is 10.2. The Kier molecular flexibility index (Phi) is 5.15. The summed E-state index contributed by atoms with van der Waals surface area (Å²) < 4.78 is 38.1. The van der Waals surface area contributed by atoms with Gasteiger partial charge in [-0.05, 0) is 24.3 Å². The van der Waals surface area contributed by atoms with Crippen LogP contribution < -0.4 is 10.6 Å². The molecule has 3 heterocycles. The summed E-state index contributed by atoms with van der Waals surface area (Å²) in [6.07, 6.45) is -0.171. The van der Waals surface area contributed by atoms with Crippen molar-refractivity contribution in [3.63, 3.8) is 0 Å². The van der Waals surface area contributed by atoms with Crippen molar-refractivity contribution in [2.75, 3.05) is 10.6 Å². The standard InChI is InChI=1S/C17H9Cl2F3N6S/c18-10-5-23-6-11(19)12(10)27-16-28-13-14(24-7-25-15(13)29-16)26-9-3-1-8(2-4-9)17(20,21)22/h1-7H,(H,23,27,28)(H,24,25,26). The number of anilines is 4. The Hall–Kier alpha value is -2.69. The van der Waals surface area contributed by atoms with Crippen LogP contribution in [-0.4, -0.2) is 19.9 Å². The van der Waals surface area contributed by atoms with Crippen molar-refractivity contribution in [1.29, 1.82) is 0 Å². The van der Waals surface area contributed by atoms with Crippen LogP contribution in [0.25, 0.3) is 10.3 Å². The molecule has 0 unspecified atom stereocenters. The molecule has 0 bridgehead atoms. The molecule has 0 radical (unpaired) electrons. The van der Waals surface area contributed by atoms with Gasteiger partial charge in [-0.25, -0.2) is 15.0 Å². The maximum atomic E-state index is 12.7. The summed E-state index contributed by atoms with van der Waals surface area (Å²) in [7, 11) is 0. The molecular formula is C17H9Cl2F3N6S. The molecule has 0 spiro atoms. The fourth-order valence-electron chi connectivity index (χ4n) is 2.42. The summed E-state index contributed by atoms with van der Waals surface area (Å²) in [6, 6.07) is 4.61. The highest BCUT2D eigenvalue weighted by Crippen LogP contribution is 2.36. The predicted octanol–water partition coefficient (Wildman–Crippen LogP) is 6.29. The molecule has 6 nitrogen and oxygen atoms in total. The van der Waals surface area contributed by atoms with Crippen LogP contribution in [0.15, 0.2) is 43.0 Å². The molecule has 29 heavy (non-hydrogen) atoms. The molecular weight excluding hydrogens is 448 g/mol. The Bertz CT molecular complexity index is 1160. The van der Waals surface area contributed by atoms with E-state index in [1.54, 1.807) is 0 Å². The first-order valence-electron chi connectivity index (χ1n) is 7.93. The molecule has 0 aliphatic carbocycles. The van der Waals surface area contributed by atoms with Crippen molar-refractivity contribution in [3.05, 3.63) is 58.6 Å². The molecule has 3 aromatic heterocycles. The first kappa shape index (κ1) is 19.6. The smallest absolute Gasteiger partial charge is 0.338 e. The third kappa shape index (κ3) is 4.19. The van der Waals surface area contributed by atoms with Crippen molar-refractivity contribution in [2.24, 2.45) is 0 Å². The number of thiazole rings is 1. The fraction of sp³-hybridized carbons (Fsp3) is 0.0588. The molecule has 0 saturated carbocycles. The number of alkyl halides is 3. The topological polar surface area (TPSA) is 75.6 Å². The molecule has 148 valence electrons. The fourth-order valence-corrected chi connectivity index (χ4v) is 3.69. The average molecular weight is 457 g/mol. The quantitative estimate of drug-likeness (QED) is 0.375. The van der Waals surface area contributed by atoms with Gasteiger partial charge in [-0.1, -0.05) is 34.5 Å². The van der Waals surface area contributed by atoms with Crippen LogP contribution in [0.3, 0.4) is 0 Å². The van der Waals surface area contributed by atoms with E-state index in [2.05, 4.69) is 30.6 Å². The highest BCUT2D eigenvalue weighted by atomic mass is 35.5. The van der Waals surface area contributed by atoms with E-state index in [1.165, 1.54) is 42.2 Å². The Labute approximate surface area is 175 Å². The molecule has 4 aromatic rings. The van der Waals surface area contributed by atoms with Crippen LogP contribution in [0.2, 0.25) is 10.0 Å². The number of hydrogen-bond acceptors (Lipinski definition) is 7. The predicted molar refractivity (Wildman–Crippen MR) is 107 cm³/mol. The second-order valence-corrected chi connectivity index (χ2v) is 7.49. The molecule has 0 aliphatic heterocycles. The number of benzene rings is 1. The van der Waals surface area contributed by atoms with Crippen molar-refractivity contribution in [3.8, 4) is 0 Å². The molecule has 0 fully saturated rings.